The van der Waals surface area contributed by atoms with Crippen LogP contribution in [0.15, 0.2) is 88.0 Å². The molecule has 1 heterocycles. The van der Waals surface area contributed by atoms with E-state index in [9.17, 15) is 20.5 Å². The molecule has 4 N–H and O–H groups in total. The SMILES string of the molecule is [N-]=[N+]=Nc1ccccc1C[C@@]1(C(=O)NCC(O)CO)N=C(c2ccc(OCCCO)cc2)O[C@@H]1c1ccccc1N=[N+]=[N-]. The Morgan fingerprint density at radius 2 is 1.70 bits per heavy atom. The second-order valence-corrected chi connectivity index (χ2v) is 9.58. The highest BCUT2D eigenvalue weighted by Crippen LogP contribution is 2.46. The second kappa shape index (κ2) is 14.7. The topological polar surface area (TPSA) is 218 Å². The number of hydrogen-bond acceptors (Lipinski definition) is 9. The van der Waals surface area contributed by atoms with E-state index in [1.54, 1.807) is 72.8 Å². The molecule has 0 radical (unpaired) electrons. The summed E-state index contributed by atoms with van der Waals surface area (Å²) in [7, 11) is 0. The summed E-state index contributed by atoms with van der Waals surface area (Å²) >= 11 is 0. The molecule has 3 aromatic carbocycles. The first-order valence-corrected chi connectivity index (χ1v) is 13.4. The van der Waals surface area contributed by atoms with Crippen LogP contribution in [-0.4, -0.2) is 65.1 Å². The summed E-state index contributed by atoms with van der Waals surface area (Å²) < 4.78 is 12.0. The van der Waals surface area contributed by atoms with Crippen LogP contribution in [0, 0.1) is 0 Å². The molecule has 0 saturated heterocycles. The number of benzene rings is 3. The minimum absolute atomic E-state index is 0.00370. The fourth-order valence-electron chi connectivity index (χ4n) is 4.63. The molecule has 0 saturated carbocycles. The highest BCUT2D eigenvalue weighted by molar-refractivity contribution is 6.01. The highest BCUT2D eigenvalue weighted by atomic mass is 16.5. The summed E-state index contributed by atoms with van der Waals surface area (Å²) in [4.78, 5) is 24.8. The van der Waals surface area contributed by atoms with Crippen LogP contribution in [0.3, 0.4) is 0 Å². The Morgan fingerprint density at radius 3 is 2.40 bits per heavy atom. The molecule has 0 bridgehead atoms. The van der Waals surface area contributed by atoms with Gasteiger partial charge in [0.25, 0.3) is 5.91 Å². The minimum atomic E-state index is -1.75. The molecule has 0 spiro atoms. The Balaban J connectivity index is 1.88. The second-order valence-electron chi connectivity index (χ2n) is 9.58. The van der Waals surface area contributed by atoms with Gasteiger partial charge in [-0.3, -0.25) is 4.79 Å². The van der Waals surface area contributed by atoms with Gasteiger partial charge in [-0.2, -0.15) is 0 Å². The third kappa shape index (κ3) is 7.22. The zero-order valence-corrected chi connectivity index (χ0v) is 23.0. The molecule has 43 heavy (non-hydrogen) atoms. The van der Waals surface area contributed by atoms with Crippen LogP contribution >= 0.6 is 0 Å². The van der Waals surface area contributed by atoms with Crippen LogP contribution in [0.25, 0.3) is 20.9 Å². The van der Waals surface area contributed by atoms with Crippen LogP contribution in [0.4, 0.5) is 11.4 Å². The number of aliphatic hydroxyl groups excluding tert-OH is 3. The van der Waals surface area contributed by atoms with Crippen molar-refractivity contribution in [1.82, 2.24) is 5.32 Å². The first-order chi connectivity index (χ1) is 20.9. The molecule has 0 fully saturated rings. The number of amides is 1. The first-order valence-electron chi connectivity index (χ1n) is 13.4. The average molecular weight is 587 g/mol. The van der Waals surface area contributed by atoms with E-state index in [1.807, 2.05) is 0 Å². The van der Waals surface area contributed by atoms with E-state index in [2.05, 4.69) is 25.4 Å². The maximum absolute atomic E-state index is 14.2. The highest BCUT2D eigenvalue weighted by Gasteiger charge is 2.54. The number of aliphatic imine (C=N–C) groups is 1. The number of nitrogens with one attached hydrogen (secondary N) is 1. The molecule has 0 aliphatic carbocycles. The predicted octanol–water partition coefficient (Wildman–Crippen LogP) is 4.30. The summed E-state index contributed by atoms with van der Waals surface area (Å²) in [6.45, 7) is -0.513. The van der Waals surface area contributed by atoms with Gasteiger partial charge in [0.05, 0.1) is 19.3 Å². The van der Waals surface area contributed by atoms with Gasteiger partial charge in [0.2, 0.25) is 5.90 Å². The zero-order valence-electron chi connectivity index (χ0n) is 23.0. The van der Waals surface area contributed by atoms with Gasteiger partial charge in [-0.15, -0.1) is 0 Å². The summed E-state index contributed by atoms with van der Waals surface area (Å²) in [6.07, 6.45) is -1.99. The van der Waals surface area contributed by atoms with Gasteiger partial charge in [-0.25, -0.2) is 4.99 Å². The molecular weight excluding hydrogens is 556 g/mol. The number of carbonyl (C=O) groups is 1. The van der Waals surface area contributed by atoms with Crippen molar-refractivity contribution < 1.29 is 29.6 Å². The van der Waals surface area contributed by atoms with Gasteiger partial charge in [-0.05, 0) is 40.9 Å². The number of carbonyl (C=O) groups excluding carboxylic acids is 1. The standard InChI is InChI=1S/C29H30N8O6/c30-36-34-24-8-3-1-6-20(24)16-29(28(41)32-17-21(40)18-39)26(23-7-2-4-9-25(23)35-37-31)43-27(33-29)19-10-12-22(13-11-19)42-15-5-14-38/h1-4,6-13,21,26,38-40H,5,14-18H2,(H,32,41)/t21?,26-,29-/m1/s1. The van der Waals surface area contributed by atoms with Gasteiger partial charge < -0.3 is 30.1 Å². The quantitative estimate of drug-likeness (QED) is 0.0933. The lowest BCUT2D eigenvalue weighted by Gasteiger charge is -2.32. The molecule has 1 aliphatic rings. The maximum Gasteiger partial charge on any atom is 0.252 e. The van der Waals surface area contributed by atoms with Crippen molar-refractivity contribution in [2.24, 2.45) is 15.2 Å². The van der Waals surface area contributed by atoms with Crippen molar-refractivity contribution in [2.45, 2.75) is 30.6 Å². The molecule has 3 aromatic rings. The lowest BCUT2D eigenvalue weighted by molar-refractivity contribution is -0.129. The van der Waals surface area contributed by atoms with Crippen LogP contribution in [-0.2, 0) is 16.0 Å². The van der Waals surface area contributed by atoms with Crippen molar-refractivity contribution in [2.75, 3.05) is 26.4 Å². The molecule has 14 nitrogen and oxygen atoms in total. The largest absolute Gasteiger partial charge is 0.494 e. The molecule has 1 unspecified atom stereocenters. The Bertz CT molecular complexity index is 1550. The first kappa shape index (κ1) is 30.8. The monoisotopic (exact) mass is 586 g/mol. The number of nitrogens with zero attached hydrogens (tertiary/aromatic N) is 7. The zero-order chi connectivity index (χ0) is 30.7. The van der Waals surface area contributed by atoms with Crippen molar-refractivity contribution >= 4 is 23.2 Å². The van der Waals surface area contributed by atoms with Crippen molar-refractivity contribution in [3.8, 4) is 5.75 Å². The average Bonchev–Trinajstić information content (AvgIpc) is 3.41. The molecular formula is C29H30N8O6. The molecule has 4 rings (SSSR count). The normalized spacial score (nSPS) is 17.9. The van der Waals surface area contributed by atoms with Gasteiger partial charge in [0.15, 0.2) is 11.6 Å². The van der Waals surface area contributed by atoms with E-state index in [0.29, 0.717) is 35.5 Å². The van der Waals surface area contributed by atoms with E-state index >= 15 is 0 Å². The summed E-state index contributed by atoms with van der Waals surface area (Å²) in [5, 5.41) is 38.6. The van der Waals surface area contributed by atoms with Crippen molar-refractivity contribution in [3.05, 3.63) is 110 Å². The van der Waals surface area contributed by atoms with Gasteiger partial charge >= 0.3 is 0 Å². The number of rotatable bonds is 14. The van der Waals surface area contributed by atoms with Gasteiger partial charge in [0, 0.05) is 58.3 Å². The fraction of sp³-hybridized carbons (Fsp3) is 0.310. The number of azide groups is 2. The molecule has 1 aliphatic heterocycles. The third-order valence-electron chi connectivity index (χ3n) is 6.71. The van der Waals surface area contributed by atoms with E-state index in [4.69, 9.17) is 25.1 Å². The van der Waals surface area contributed by atoms with Crippen molar-refractivity contribution in [1.29, 1.82) is 0 Å². The Kier molecular flexibility index (Phi) is 10.5. The lowest BCUT2D eigenvalue weighted by atomic mass is 9.81. The molecule has 0 aromatic heterocycles. The molecule has 1 amide bonds. The van der Waals surface area contributed by atoms with Gasteiger partial charge in [0.1, 0.15) is 5.75 Å². The van der Waals surface area contributed by atoms with E-state index in [0.717, 1.165) is 0 Å². The third-order valence-corrected chi connectivity index (χ3v) is 6.71. The maximum atomic E-state index is 14.2. The Hall–Kier alpha value is -5.10. The van der Waals surface area contributed by atoms with Crippen molar-refractivity contribution in [3.63, 3.8) is 0 Å². The van der Waals surface area contributed by atoms with Crippen LogP contribution in [0.5, 0.6) is 5.75 Å². The summed E-state index contributed by atoms with van der Waals surface area (Å²) in [5.74, 6) is 0.0311. The summed E-state index contributed by atoms with van der Waals surface area (Å²) in [5.41, 5.74) is 18.6. The smallest absolute Gasteiger partial charge is 0.252 e. The number of aliphatic hydroxyl groups is 3. The minimum Gasteiger partial charge on any atom is -0.494 e. The van der Waals surface area contributed by atoms with Crippen LogP contribution in [0.1, 0.15) is 29.2 Å². The fourth-order valence-corrected chi connectivity index (χ4v) is 4.63. The van der Waals surface area contributed by atoms with E-state index in [1.165, 1.54) is 0 Å². The van der Waals surface area contributed by atoms with Crippen LogP contribution in [0.2, 0.25) is 0 Å². The molecule has 3 atom stereocenters. The van der Waals surface area contributed by atoms with E-state index < -0.39 is 30.3 Å². The Labute approximate surface area is 246 Å². The number of ether oxygens (including phenoxy) is 2. The summed E-state index contributed by atoms with van der Waals surface area (Å²) in [6, 6.07) is 20.2. The predicted molar refractivity (Wildman–Crippen MR) is 157 cm³/mol. The van der Waals surface area contributed by atoms with Gasteiger partial charge in [-0.1, -0.05) is 58.8 Å². The Morgan fingerprint density at radius 1 is 1.02 bits per heavy atom. The van der Waals surface area contributed by atoms with Crippen LogP contribution < -0.4 is 10.1 Å². The number of hydrogen-bond donors (Lipinski definition) is 4. The lowest BCUT2D eigenvalue weighted by Crippen LogP contribution is -2.51. The molecule has 222 valence electrons. The molecule has 14 heteroatoms. The van der Waals surface area contributed by atoms with E-state index in [-0.39, 0.29) is 36.8 Å².